The number of aromatic carboxylic acids is 1. The molecule has 0 unspecified atom stereocenters. The number of aryl methyl sites for hydroxylation is 1. The van der Waals surface area contributed by atoms with Crippen molar-refractivity contribution >= 4 is 28.6 Å². The number of ketones is 1. The van der Waals surface area contributed by atoms with Crippen molar-refractivity contribution in [3.05, 3.63) is 108 Å². The molecule has 2 aliphatic heterocycles. The Labute approximate surface area is 247 Å². The maximum absolute atomic E-state index is 13.6. The number of carboxylic acids is 1. The second kappa shape index (κ2) is 10.2. The number of likely N-dealkylation sites (tertiary alicyclic amines) is 1. The average molecular weight is 573 g/mol. The van der Waals surface area contributed by atoms with Crippen LogP contribution < -0.4 is 4.74 Å². The third-order valence-corrected chi connectivity index (χ3v) is 8.48. The molecule has 0 aliphatic carbocycles. The zero-order valence-electron chi connectivity index (χ0n) is 23.5. The molecule has 2 aliphatic rings. The minimum absolute atomic E-state index is 0.0263. The highest BCUT2D eigenvalue weighted by Gasteiger charge is 2.44. The Hall–Kier alpha value is -5.31. The molecule has 5 aromatic rings. The Morgan fingerprint density at radius 2 is 1.70 bits per heavy atom. The lowest BCUT2D eigenvalue weighted by Crippen LogP contribution is -2.52. The Bertz CT molecular complexity index is 1920. The highest BCUT2D eigenvalue weighted by Crippen LogP contribution is 2.41. The van der Waals surface area contributed by atoms with Crippen molar-refractivity contribution in [2.75, 3.05) is 13.1 Å². The van der Waals surface area contributed by atoms with Crippen molar-refractivity contribution in [2.24, 2.45) is 0 Å². The van der Waals surface area contributed by atoms with Gasteiger partial charge in [0.2, 0.25) is 0 Å². The molecule has 1 spiro atoms. The molecule has 0 saturated carbocycles. The molecule has 4 heterocycles. The van der Waals surface area contributed by atoms with Gasteiger partial charge in [0.15, 0.2) is 5.78 Å². The molecule has 0 atom stereocenters. The third-order valence-electron chi connectivity index (χ3n) is 8.48. The summed E-state index contributed by atoms with van der Waals surface area (Å²) in [5, 5.41) is 14.9. The number of amides is 1. The first-order valence-electron chi connectivity index (χ1n) is 14.2. The topological polar surface area (TPSA) is 115 Å². The van der Waals surface area contributed by atoms with Crippen LogP contribution in [0.4, 0.5) is 0 Å². The number of hydrogen-bond donors (Lipinski definition) is 1. The Morgan fingerprint density at radius 3 is 2.47 bits per heavy atom. The van der Waals surface area contributed by atoms with Crippen LogP contribution in [-0.2, 0) is 0 Å². The maximum atomic E-state index is 13.6. The number of nitrogens with zero attached hydrogens (tertiary/aromatic N) is 4. The SMILES string of the molecule is Cc1nn(-c2ccccc2)c2ccc(C(=O)N3CCC4(CC3)CC(=O)c3cc(-c5cncc(C(=O)O)c5)ccc3O4)cc12. The number of pyridine rings is 1. The highest BCUT2D eigenvalue weighted by atomic mass is 16.5. The normalized spacial score (nSPS) is 15.7. The molecule has 3 aromatic carbocycles. The molecular weight excluding hydrogens is 544 g/mol. The van der Waals surface area contributed by atoms with Gasteiger partial charge in [-0.05, 0) is 61.0 Å². The fourth-order valence-corrected chi connectivity index (χ4v) is 6.13. The lowest BCUT2D eigenvalue weighted by molar-refractivity contribution is -0.00571. The van der Waals surface area contributed by atoms with Gasteiger partial charge in [-0.25, -0.2) is 9.48 Å². The molecule has 9 nitrogen and oxygen atoms in total. The van der Waals surface area contributed by atoms with E-state index in [9.17, 15) is 19.5 Å². The number of fused-ring (bicyclic) bond motifs is 2. The quantitative estimate of drug-likeness (QED) is 0.292. The van der Waals surface area contributed by atoms with Crippen LogP contribution in [-0.4, -0.2) is 61.1 Å². The van der Waals surface area contributed by atoms with E-state index >= 15 is 0 Å². The Balaban J connectivity index is 1.07. The zero-order valence-corrected chi connectivity index (χ0v) is 23.5. The van der Waals surface area contributed by atoms with Crippen molar-refractivity contribution in [2.45, 2.75) is 31.8 Å². The number of carbonyl (C=O) groups excluding carboxylic acids is 2. The number of hydrogen-bond acceptors (Lipinski definition) is 6. The summed E-state index contributed by atoms with van der Waals surface area (Å²) < 4.78 is 8.35. The number of benzene rings is 3. The van der Waals surface area contributed by atoms with E-state index < -0.39 is 11.6 Å². The fourth-order valence-electron chi connectivity index (χ4n) is 6.13. The van der Waals surface area contributed by atoms with Gasteiger partial charge < -0.3 is 14.7 Å². The second-order valence-corrected chi connectivity index (χ2v) is 11.2. The van der Waals surface area contributed by atoms with E-state index in [0.717, 1.165) is 22.3 Å². The fraction of sp³-hybridized carbons (Fsp3) is 0.206. The monoisotopic (exact) mass is 572 g/mol. The van der Waals surface area contributed by atoms with E-state index in [4.69, 9.17) is 9.84 Å². The number of ether oxygens (including phenoxy) is 1. The van der Waals surface area contributed by atoms with Gasteiger partial charge in [-0.2, -0.15) is 5.10 Å². The average Bonchev–Trinajstić information content (AvgIpc) is 3.37. The summed E-state index contributed by atoms with van der Waals surface area (Å²) in [5.41, 5.74) is 4.58. The zero-order chi connectivity index (χ0) is 29.7. The van der Waals surface area contributed by atoms with E-state index in [1.807, 2.05) is 71.1 Å². The first kappa shape index (κ1) is 26.6. The van der Waals surface area contributed by atoms with Crippen molar-refractivity contribution in [3.8, 4) is 22.6 Å². The lowest BCUT2D eigenvalue weighted by Gasteiger charge is -2.44. The van der Waals surface area contributed by atoms with Crippen LogP contribution in [0.15, 0.2) is 85.2 Å². The summed E-state index contributed by atoms with van der Waals surface area (Å²) in [4.78, 5) is 44.1. The highest BCUT2D eigenvalue weighted by molar-refractivity contribution is 6.02. The Kier molecular flexibility index (Phi) is 6.30. The molecule has 1 saturated heterocycles. The molecule has 1 fully saturated rings. The van der Waals surface area contributed by atoms with Crippen LogP contribution in [0.2, 0.25) is 0 Å². The number of carboxylic acid groups (broad SMARTS) is 1. The second-order valence-electron chi connectivity index (χ2n) is 11.2. The van der Waals surface area contributed by atoms with Gasteiger partial charge in [-0.1, -0.05) is 24.3 Å². The molecule has 2 aromatic heterocycles. The van der Waals surface area contributed by atoms with Crippen LogP contribution in [0, 0.1) is 6.92 Å². The number of para-hydroxylation sites is 1. The predicted molar refractivity (Wildman–Crippen MR) is 160 cm³/mol. The molecular formula is C34H28N4O5. The largest absolute Gasteiger partial charge is 0.486 e. The van der Waals surface area contributed by atoms with Crippen molar-refractivity contribution in [3.63, 3.8) is 0 Å². The van der Waals surface area contributed by atoms with Gasteiger partial charge in [-0.15, -0.1) is 0 Å². The van der Waals surface area contributed by atoms with Crippen LogP contribution in [0.3, 0.4) is 0 Å². The van der Waals surface area contributed by atoms with Gasteiger partial charge in [0.05, 0.1) is 34.4 Å². The third kappa shape index (κ3) is 4.72. The minimum atomic E-state index is -1.06. The van der Waals surface area contributed by atoms with Gasteiger partial charge in [-0.3, -0.25) is 14.6 Å². The smallest absolute Gasteiger partial charge is 0.337 e. The summed E-state index contributed by atoms with van der Waals surface area (Å²) in [6.45, 7) is 2.91. The van der Waals surface area contributed by atoms with Crippen LogP contribution >= 0.6 is 0 Å². The molecule has 0 radical (unpaired) electrons. The minimum Gasteiger partial charge on any atom is -0.486 e. The summed E-state index contributed by atoms with van der Waals surface area (Å²) in [6, 6.07) is 22.5. The van der Waals surface area contributed by atoms with E-state index in [1.54, 1.807) is 18.3 Å². The number of Topliss-reactive ketones (excluding diaryl/α,β-unsaturated/α-hetero) is 1. The van der Waals surface area contributed by atoms with Gasteiger partial charge in [0.25, 0.3) is 5.91 Å². The molecule has 43 heavy (non-hydrogen) atoms. The van der Waals surface area contributed by atoms with Gasteiger partial charge in [0, 0.05) is 54.8 Å². The van der Waals surface area contributed by atoms with Crippen molar-refractivity contribution in [1.29, 1.82) is 0 Å². The van der Waals surface area contributed by atoms with Crippen molar-refractivity contribution in [1.82, 2.24) is 19.7 Å². The molecule has 1 amide bonds. The van der Waals surface area contributed by atoms with E-state index in [0.29, 0.717) is 53.9 Å². The van der Waals surface area contributed by atoms with E-state index in [-0.39, 0.29) is 23.7 Å². The standard InChI is InChI=1S/C34H28N4O5/c1-21-27-17-23(7-9-29(27)38(36-21)26-5-3-2-4-6-26)32(40)37-13-11-34(12-14-37)18-30(39)28-16-22(8-10-31(28)43-34)24-15-25(33(41)42)20-35-19-24/h2-10,15-17,19-20H,11-14,18H2,1H3,(H,41,42). The summed E-state index contributed by atoms with van der Waals surface area (Å²) >= 11 is 0. The van der Waals surface area contributed by atoms with Crippen LogP contribution in [0.25, 0.3) is 27.7 Å². The van der Waals surface area contributed by atoms with Gasteiger partial charge in [0.1, 0.15) is 11.4 Å². The number of carbonyl (C=O) groups is 3. The van der Waals surface area contributed by atoms with E-state index in [1.165, 1.54) is 12.3 Å². The van der Waals surface area contributed by atoms with E-state index in [2.05, 4.69) is 4.98 Å². The molecule has 1 N–H and O–H groups in total. The maximum Gasteiger partial charge on any atom is 0.337 e. The lowest BCUT2D eigenvalue weighted by atomic mass is 9.82. The van der Waals surface area contributed by atoms with Crippen LogP contribution in [0.1, 0.15) is 56.0 Å². The number of piperidine rings is 1. The van der Waals surface area contributed by atoms with Crippen molar-refractivity contribution < 1.29 is 24.2 Å². The molecule has 214 valence electrons. The first-order chi connectivity index (χ1) is 20.8. The Morgan fingerprint density at radius 1 is 0.907 bits per heavy atom. The number of rotatable bonds is 4. The number of aromatic nitrogens is 3. The molecule has 0 bridgehead atoms. The predicted octanol–water partition coefficient (Wildman–Crippen LogP) is 5.73. The summed E-state index contributed by atoms with van der Waals surface area (Å²) in [5.74, 6) is -0.624. The van der Waals surface area contributed by atoms with Crippen LogP contribution in [0.5, 0.6) is 5.75 Å². The molecule has 7 rings (SSSR count). The summed E-state index contributed by atoms with van der Waals surface area (Å²) in [7, 11) is 0. The first-order valence-corrected chi connectivity index (χ1v) is 14.2. The van der Waals surface area contributed by atoms with Gasteiger partial charge >= 0.3 is 5.97 Å². The summed E-state index contributed by atoms with van der Waals surface area (Å²) in [6.07, 6.45) is 4.18. The molecule has 9 heteroatoms.